The number of carbonyl (C=O) groups is 1. The van der Waals surface area contributed by atoms with E-state index in [1.807, 2.05) is 4.90 Å². The van der Waals surface area contributed by atoms with Crippen molar-refractivity contribution in [3.63, 3.8) is 0 Å². The Morgan fingerprint density at radius 3 is 2.62 bits per heavy atom. The average Bonchev–Trinajstić information content (AvgIpc) is 2.30. The molecule has 16 heavy (non-hydrogen) atoms. The van der Waals surface area contributed by atoms with Crippen LogP contribution in [0.3, 0.4) is 0 Å². The van der Waals surface area contributed by atoms with Gasteiger partial charge in [0.25, 0.3) is 0 Å². The number of nitrogens with zero attached hydrogens (tertiary/aromatic N) is 3. The second-order valence-electron chi connectivity index (χ2n) is 3.57. The minimum Gasteiger partial charge on any atom is -0.465 e. The number of aromatic nitrogens is 1. The molecule has 0 atom stereocenters. The quantitative estimate of drug-likeness (QED) is 0.725. The zero-order valence-electron chi connectivity index (χ0n) is 8.64. The van der Waals surface area contributed by atoms with Gasteiger partial charge in [-0.05, 0) is 12.1 Å². The number of carboxylic acid groups (broad SMARTS) is 1. The molecule has 0 radical (unpaired) electrons. The van der Waals surface area contributed by atoms with Gasteiger partial charge in [0, 0.05) is 32.4 Å². The van der Waals surface area contributed by atoms with E-state index in [2.05, 4.69) is 4.98 Å². The highest BCUT2D eigenvalue weighted by molar-refractivity contribution is 5.65. The van der Waals surface area contributed by atoms with Crippen molar-refractivity contribution in [1.82, 2.24) is 9.88 Å². The Labute approximate surface area is 92.1 Å². The van der Waals surface area contributed by atoms with Crippen molar-refractivity contribution in [2.24, 2.45) is 0 Å². The van der Waals surface area contributed by atoms with Gasteiger partial charge in [-0.15, -0.1) is 0 Å². The maximum Gasteiger partial charge on any atom is 0.407 e. The van der Waals surface area contributed by atoms with Gasteiger partial charge in [0.2, 0.25) is 5.95 Å². The van der Waals surface area contributed by atoms with Gasteiger partial charge in [-0.1, -0.05) is 0 Å². The Balaban J connectivity index is 2.05. The summed E-state index contributed by atoms with van der Waals surface area (Å²) in [5.74, 6) is -0.508. The fraction of sp³-hybridized carbons (Fsp3) is 0.400. The van der Waals surface area contributed by atoms with Crippen LogP contribution in [0.5, 0.6) is 0 Å². The third kappa shape index (κ3) is 2.05. The predicted molar refractivity (Wildman–Crippen MR) is 56.0 cm³/mol. The maximum atomic E-state index is 13.3. The molecule has 1 amide bonds. The van der Waals surface area contributed by atoms with Crippen LogP contribution in [0.15, 0.2) is 18.3 Å². The van der Waals surface area contributed by atoms with Crippen molar-refractivity contribution >= 4 is 11.8 Å². The molecule has 0 bridgehead atoms. The molecule has 1 N–H and O–H groups in total. The Morgan fingerprint density at radius 2 is 2.06 bits per heavy atom. The number of amides is 1. The molecule has 0 saturated carbocycles. The topological polar surface area (TPSA) is 56.7 Å². The van der Waals surface area contributed by atoms with Crippen LogP contribution >= 0.6 is 0 Å². The number of rotatable bonds is 1. The first-order valence-electron chi connectivity index (χ1n) is 5.02. The molecule has 2 heterocycles. The molecular weight excluding hydrogens is 213 g/mol. The van der Waals surface area contributed by atoms with Gasteiger partial charge in [-0.3, -0.25) is 0 Å². The summed E-state index contributed by atoms with van der Waals surface area (Å²) >= 11 is 0. The van der Waals surface area contributed by atoms with Crippen LogP contribution in [0.2, 0.25) is 0 Å². The van der Waals surface area contributed by atoms with Gasteiger partial charge in [-0.25, -0.2) is 9.78 Å². The Morgan fingerprint density at radius 1 is 1.38 bits per heavy atom. The molecule has 0 aliphatic carbocycles. The van der Waals surface area contributed by atoms with E-state index in [1.54, 1.807) is 12.1 Å². The lowest BCUT2D eigenvalue weighted by molar-refractivity contribution is 0.142. The first-order valence-corrected chi connectivity index (χ1v) is 5.02. The van der Waals surface area contributed by atoms with Crippen molar-refractivity contribution < 1.29 is 14.3 Å². The highest BCUT2D eigenvalue weighted by atomic mass is 19.1. The van der Waals surface area contributed by atoms with E-state index < -0.39 is 12.0 Å². The lowest BCUT2D eigenvalue weighted by Gasteiger charge is -2.34. The molecule has 1 aliphatic heterocycles. The number of hydrogen-bond acceptors (Lipinski definition) is 3. The summed E-state index contributed by atoms with van der Waals surface area (Å²) in [6.45, 7) is 1.77. The summed E-state index contributed by atoms with van der Waals surface area (Å²) in [7, 11) is 0. The molecule has 1 aromatic heterocycles. The predicted octanol–water partition coefficient (Wildman–Crippen LogP) is 1.02. The summed E-state index contributed by atoms with van der Waals surface area (Å²) in [6, 6.07) is 3.32. The van der Waals surface area contributed by atoms with Crippen LogP contribution in [-0.4, -0.2) is 47.3 Å². The first-order chi connectivity index (χ1) is 7.68. The minimum atomic E-state index is -0.925. The smallest absolute Gasteiger partial charge is 0.407 e. The average molecular weight is 225 g/mol. The monoisotopic (exact) mass is 225 g/mol. The van der Waals surface area contributed by atoms with Gasteiger partial charge in [0.1, 0.15) is 0 Å². The van der Waals surface area contributed by atoms with Gasteiger partial charge < -0.3 is 14.9 Å². The van der Waals surface area contributed by atoms with E-state index in [-0.39, 0.29) is 0 Å². The fourth-order valence-electron chi connectivity index (χ4n) is 1.75. The summed E-state index contributed by atoms with van der Waals surface area (Å²) in [6.07, 6.45) is 0.470. The molecular formula is C10H12FN3O2. The molecule has 1 aromatic rings. The Kier molecular flexibility index (Phi) is 2.89. The fourth-order valence-corrected chi connectivity index (χ4v) is 1.75. The summed E-state index contributed by atoms with van der Waals surface area (Å²) < 4.78 is 13.3. The number of hydrogen-bond donors (Lipinski definition) is 1. The van der Waals surface area contributed by atoms with E-state index >= 15 is 0 Å². The summed E-state index contributed by atoms with van der Waals surface area (Å²) in [5.41, 5.74) is 0.438. The molecule has 1 fully saturated rings. The molecule has 0 unspecified atom stereocenters. The number of piperazine rings is 1. The minimum absolute atomic E-state index is 0.393. The molecule has 1 saturated heterocycles. The van der Waals surface area contributed by atoms with E-state index in [0.29, 0.717) is 31.9 Å². The normalized spacial score (nSPS) is 16.3. The molecule has 86 valence electrons. The second-order valence-corrected chi connectivity index (χ2v) is 3.57. The molecule has 5 nitrogen and oxygen atoms in total. The van der Waals surface area contributed by atoms with Crippen molar-refractivity contribution in [3.8, 4) is 0 Å². The number of pyridine rings is 1. The van der Waals surface area contributed by atoms with Crippen molar-refractivity contribution in [2.45, 2.75) is 0 Å². The van der Waals surface area contributed by atoms with Crippen molar-refractivity contribution in [3.05, 3.63) is 24.3 Å². The largest absolute Gasteiger partial charge is 0.465 e. The van der Waals surface area contributed by atoms with E-state index in [4.69, 9.17) is 5.11 Å². The Hall–Kier alpha value is -1.85. The SMILES string of the molecule is O=C(O)N1CCN(c2cccnc2F)CC1. The molecule has 6 heteroatoms. The molecule has 1 aliphatic rings. The van der Waals surface area contributed by atoms with E-state index in [9.17, 15) is 9.18 Å². The van der Waals surface area contributed by atoms with Gasteiger partial charge in [-0.2, -0.15) is 4.39 Å². The zero-order valence-corrected chi connectivity index (χ0v) is 8.64. The van der Waals surface area contributed by atoms with E-state index in [0.717, 1.165) is 0 Å². The van der Waals surface area contributed by atoms with Gasteiger partial charge in [0.15, 0.2) is 0 Å². The lowest BCUT2D eigenvalue weighted by atomic mass is 10.3. The Bertz CT molecular complexity index is 391. The maximum absolute atomic E-state index is 13.3. The summed E-state index contributed by atoms with van der Waals surface area (Å²) in [4.78, 5) is 17.4. The van der Waals surface area contributed by atoms with Crippen LogP contribution in [0.25, 0.3) is 0 Å². The van der Waals surface area contributed by atoms with Crippen LogP contribution < -0.4 is 4.90 Å². The van der Waals surface area contributed by atoms with Gasteiger partial charge in [0.05, 0.1) is 5.69 Å². The zero-order chi connectivity index (χ0) is 11.5. The van der Waals surface area contributed by atoms with E-state index in [1.165, 1.54) is 11.1 Å². The van der Waals surface area contributed by atoms with Crippen molar-refractivity contribution in [1.29, 1.82) is 0 Å². The molecule has 2 rings (SSSR count). The van der Waals surface area contributed by atoms with Crippen LogP contribution in [-0.2, 0) is 0 Å². The van der Waals surface area contributed by atoms with Crippen LogP contribution in [0.4, 0.5) is 14.9 Å². The van der Waals surface area contributed by atoms with Crippen molar-refractivity contribution in [2.75, 3.05) is 31.1 Å². The standard InChI is InChI=1S/C10H12FN3O2/c11-9-8(2-1-3-12-9)13-4-6-14(7-5-13)10(15)16/h1-3H,4-7H2,(H,15,16). The number of halogens is 1. The van der Waals surface area contributed by atoms with Crippen LogP contribution in [0.1, 0.15) is 0 Å². The highest BCUT2D eigenvalue weighted by Gasteiger charge is 2.22. The molecule has 0 aromatic carbocycles. The third-order valence-electron chi connectivity index (χ3n) is 2.63. The second kappa shape index (κ2) is 4.34. The van der Waals surface area contributed by atoms with Crippen LogP contribution in [0, 0.1) is 5.95 Å². The lowest BCUT2D eigenvalue weighted by Crippen LogP contribution is -2.48. The van der Waals surface area contributed by atoms with Gasteiger partial charge >= 0.3 is 6.09 Å². The number of anilines is 1. The highest BCUT2D eigenvalue weighted by Crippen LogP contribution is 2.18. The first kappa shape index (κ1) is 10.7. The summed E-state index contributed by atoms with van der Waals surface area (Å²) in [5, 5.41) is 8.77. The molecule has 0 spiro atoms. The third-order valence-corrected chi connectivity index (χ3v) is 2.63.